The van der Waals surface area contributed by atoms with Crippen molar-refractivity contribution in [3.8, 4) is 0 Å². The molecule has 2 amide bonds. The van der Waals surface area contributed by atoms with Gasteiger partial charge in [0.25, 0.3) is 6.02 Å². The number of rotatable bonds is 9. The van der Waals surface area contributed by atoms with Crippen LogP contribution in [0.25, 0.3) is 0 Å². The molecule has 0 bridgehead atoms. The largest absolute Gasteiger partial charge is 0.459 e. The van der Waals surface area contributed by atoms with Crippen molar-refractivity contribution in [3.63, 3.8) is 0 Å². The first-order valence-electron chi connectivity index (χ1n) is 14.0. The van der Waals surface area contributed by atoms with E-state index in [0.29, 0.717) is 0 Å². The molecule has 1 aliphatic carbocycles. The molecule has 0 spiro atoms. The zero-order valence-electron chi connectivity index (χ0n) is 24.2. The van der Waals surface area contributed by atoms with E-state index in [-0.39, 0.29) is 6.02 Å². The van der Waals surface area contributed by atoms with Crippen LogP contribution in [0, 0.1) is 5.92 Å². The molecule has 0 aromatic heterocycles. The van der Waals surface area contributed by atoms with Crippen molar-refractivity contribution < 1.29 is 69.0 Å². The Morgan fingerprint density at radius 2 is 1.33 bits per heavy atom. The maximum atomic E-state index is 12.2. The molecule has 4 rings (SSSR count). The summed E-state index contributed by atoms with van der Waals surface area (Å²) in [6, 6.07) is -3.21. The van der Waals surface area contributed by atoms with Crippen LogP contribution in [0.1, 0.15) is 13.8 Å². The molecule has 0 radical (unpaired) electrons. The quantitative estimate of drug-likeness (QED) is 0.116. The first kappa shape index (κ1) is 33.7. The molecule has 4 aliphatic rings. The van der Waals surface area contributed by atoms with Gasteiger partial charge in [-0.25, -0.2) is 4.99 Å². The van der Waals surface area contributed by atoms with Crippen molar-refractivity contribution in [2.45, 2.75) is 99.5 Å². The van der Waals surface area contributed by atoms with Crippen molar-refractivity contribution in [2.24, 2.45) is 10.9 Å². The van der Waals surface area contributed by atoms with Gasteiger partial charge >= 0.3 is 0 Å². The third-order valence-corrected chi connectivity index (χ3v) is 8.02. The van der Waals surface area contributed by atoms with Gasteiger partial charge < -0.3 is 75.0 Å². The lowest BCUT2D eigenvalue weighted by Gasteiger charge is -2.48. The molecule has 3 aliphatic heterocycles. The van der Waals surface area contributed by atoms with E-state index in [1.807, 2.05) is 0 Å². The maximum absolute atomic E-state index is 12.2. The first-order valence-corrected chi connectivity index (χ1v) is 14.0. The second-order valence-electron chi connectivity index (χ2n) is 11.3. The zero-order chi connectivity index (χ0) is 31.7. The minimum Gasteiger partial charge on any atom is -0.459 e. The number of fused-ring (bicyclic) bond motifs is 1. The van der Waals surface area contributed by atoms with E-state index in [2.05, 4.69) is 15.6 Å². The summed E-state index contributed by atoms with van der Waals surface area (Å²) < 4.78 is 29.3. The Hall–Kier alpha value is -2.23. The lowest BCUT2D eigenvalue weighted by atomic mass is 9.94. The summed E-state index contributed by atoms with van der Waals surface area (Å²) in [5.74, 6) is -1.99. The highest BCUT2D eigenvalue weighted by Gasteiger charge is 2.58. The fraction of sp³-hybridized carbons (Fsp3) is 0.880. The number of ether oxygens (including phenoxy) is 5. The smallest absolute Gasteiger partial charge is 0.287 e. The minimum atomic E-state index is -1.67. The zero-order valence-corrected chi connectivity index (χ0v) is 24.2. The summed E-state index contributed by atoms with van der Waals surface area (Å²) in [5.41, 5.74) is 0. The van der Waals surface area contributed by atoms with Crippen LogP contribution >= 0.6 is 0 Å². The van der Waals surface area contributed by atoms with Crippen molar-refractivity contribution in [1.29, 1.82) is 0 Å². The summed E-state index contributed by atoms with van der Waals surface area (Å²) >= 11 is 0. The number of carbonyl (C=O) groups excluding carboxylic acids is 2. The fourth-order valence-electron chi connectivity index (χ4n) is 5.91. The highest BCUT2D eigenvalue weighted by molar-refractivity contribution is 5.76. The summed E-state index contributed by atoms with van der Waals surface area (Å²) in [6.45, 7) is 0.403. The molecular weight excluding hydrogens is 580 g/mol. The van der Waals surface area contributed by atoms with Gasteiger partial charge in [0.15, 0.2) is 12.6 Å². The fourth-order valence-corrected chi connectivity index (χ4v) is 5.91. The van der Waals surface area contributed by atoms with Crippen LogP contribution in [0.4, 0.5) is 0 Å². The van der Waals surface area contributed by atoms with Gasteiger partial charge in [0, 0.05) is 27.9 Å². The average molecular weight is 623 g/mol. The molecule has 246 valence electrons. The summed E-state index contributed by atoms with van der Waals surface area (Å²) in [7, 11) is 3.42. The number of nitrogens with one attached hydrogen (secondary N) is 2. The molecule has 15 atom stereocenters. The number of carbonyl (C=O) groups is 2. The van der Waals surface area contributed by atoms with Crippen LogP contribution in [-0.2, 0) is 33.3 Å². The SMILES string of the molecule is CC(=O)NC1C(O)[C@H](O)C(CO)O[C@H]1O[C@H]1C(O)C(NC(C)=O)[C@H](O[C@H]2C(O)C3N=C(N(C)C)O[C@H]3C2CO)O[C@H]1CO. The molecule has 0 aromatic carbocycles. The molecule has 1 saturated carbocycles. The van der Waals surface area contributed by atoms with Crippen LogP contribution in [0.5, 0.6) is 0 Å². The van der Waals surface area contributed by atoms with Gasteiger partial charge in [-0.15, -0.1) is 0 Å². The van der Waals surface area contributed by atoms with Crippen molar-refractivity contribution >= 4 is 17.8 Å². The Labute approximate surface area is 247 Å². The second-order valence-corrected chi connectivity index (χ2v) is 11.3. The van der Waals surface area contributed by atoms with Gasteiger partial charge in [-0.3, -0.25) is 9.59 Å². The van der Waals surface area contributed by atoms with Gasteiger partial charge in [-0.05, 0) is 0 Å². The molecule has 18 heteroatoms. The van der Waals surface area contributed by atoms with Crippen LogP contribution < -0.4 is 10.6 Å². The van der Waals surface area contributed by atoms with E-state index in [0.717, 1.165) is 6.92 Å². The third kappa shape index (κ3) is 6.74. The van der Waals surface area contributed by atoms with E-state index >= 15 is 0 Å². The molecule has 2 saturated heterocycles. The van der Waals surface area contributed by atoms with E-state index < -0.39 is 123 Å². The topological polar surface area (TPSA) is 262 Å². The minimum absolute atomic E-state index is 0.273. The van der Waals surface area contributed by atoms with Gasteiger partial charge in [-0.1, -0.05) is 0 Å². The molecule has 3 fully saturated rings. The highest BCUT2D eigenvalue weighted by Crippen LogP contribution is 2.39. The Balaban J connectivity index is 1.57. The molecule has 0 aromatic rings. The van der Waals surface area contributed by atoms with Crippen LogP contribution in [-0.4, -0.2) is 178 Å². The van der Waals surface area contributed by atoms with Gasteiger partial charge in [0.1, 0.15) is 67.0 Å². The Bertz CT molecular complexity index is 1020. The lowest BCUT2D eigenvalue weighted by Crippen LogP contribution is -2.69. The summed E-state index contributed by atoms with van der Waals surface area (Å²) in [5, 5.41) is 78.3. The number of hydrogen-bond acceptors (Lipinski definition) is 16. The van der Waals surface area contributed by atoms with Crippen LogP contribution in [0.3, 0.4) is 0 Å². The normalized spacial score (nSPS) is 44.3. The molecule has 8 unspecified atom stereocenters. The Morgan fingerprint density at radius 1 is 0.791 bits per heavy atom. The lowest BCUT2D eigenvalue weighted by molar-refractivity contribution is -0.339. The van der Waals surface area contributed by atoms with E-state index in [4.69, 9.17) is 23.7 Å². The molecule has 3 heterocycles. The number of aliphatic hydroxyl groups excluding tert-OH is 7. The van der Waals surface area contributed by atoms with Gasteiger partial charge in [0.05, 0.1) is 31.8 Å². The van der Waals surface area contributed by atoms with Gasteiger partial charge in [0.2, 0.25) is 11.8 Å². The number of hydrogen-bond donors (Lipinski definition) is 9. The third-order valence-electron chi connectivity index (χ3n) is 8.02. The Morgan fingerprint density at radius 3 is 1.84 bits per heavy atom. The van der Waals surface area contributed by atoms with Crippen LogP contribution in [0.15, 0.2) is 4.99 Å². The summed E-state index contributed by atoms with van der Waals surface area (Å²) in [6.07, 6.45) is -15.2. The molecule has 18 nitrogen and oxygen atoms in total. The van der Waals surface area contributed by atoms with E-state index in [1.165, 1.54) is 6.92 Å². The summed E-state index contributed by atoms with van der Waals surface area (Å²) in [4.78, 5) is 30.0. The van der Waals surface area contributed by atoms with Crippen molar-refractivity contribution in [1.82, 2.24) is 15.5 Å². The first-order chi connectivity index (χ1) is 20.3. The number of amidine groups is 1. The maximum Gasteiger partial charge on any atom is 0.287 e. The van der Waals surface area contributed by atoms with E-state index in [1.54, 1.807) is 19.0 Å². The second kappa shape index (κ2) is 13.8. The Kier molecular flexibility index (Phi) is 10.8. The van der Waals surface area contributed by atoms with Crippen LogP contribution in [0.2, 0.25) is 0 Å². The number of aliphatic imine (C=N–C) groups is 1. The standard InChI is InChI=1S/C25H42N4O14/c1-8(33)26-14-17(36)16(35)11(6-31)39-23(14)42-22-12(7-32)40-24(15(19(22)38)27-9(2)34)41-21-10(5-30)20-13(18(21)37)28-25(43-20)29(3)4/h10-24,30-32,35-38H,5-7H2,1-4H3,(H,26,33)(H,27,34)/t10?,11?,12-,13?,14?,15?,16+,17?,18?,19?,20-,21+,22+,23-,24-/m0/s1. The molecule has 9 N–H and O–H groups in total. The van der Waals surface area contributed by atoms with Crippen molar-refractivity contribution in [2.75, 3.05) is 33.9 Å². The number of amides is 2. The monoisotopic (exact) mass is 622 g/mol. The molecule has 43 heavy (non-hydrogen) atoms. The highest BCUT2D eigenvalue weighted by atomic mass is 16.7. The predicted molar refractivity (Wildman–Crippen MR) is 141 cm³/mol. The number of aliphatic hydroxyl groups is 7. The number of nitrogens with zero attached hydrogens (tertiary/aromatic N) is 2. The van der Waals surface area contributed by atoms with Gasteiger partial charge in [-0.2, -0.15) is 0 Å². The van der Waals surface area contributed by atoms with Crippen molar-refractivity contribution in [3.05, 3.63) is 0 Å². The molecular formula is C25H42N4O14. The average Bonchev–Trinajstić information content (AvgIpc) is 3.49. The predicted octanol–water partition coefficient (Wildman–Crippen LogP) is -6.05. The van der Waals surface area contributed by atoms with E-state index in [9.17, 15) is 45.3 Å².